The number of carbonyl (C=O) groups is 1. The molecule has 1 aromatic heterocycles. The maximum Gasteiger partial charge on any atom is 0.255 e. The third-order valence-corrected chi connectivity index (χ3v) is 2.30. The number of hydrogen-bond donors (Lipinski definition) is 1. The summed E-state index contributed by atoms with van der Waals surface area (Å²) in [6.45, 7) is 1.10. The van der Waals surface area contributed by atoms with Crippen molar-refractivity contribution in [1.29, 1.82) is 0 Å². The Kier molecular flexibility index (Phi) is 4.72. The van der Waals surface area contributed by atoms with Gasteiger partial charge in [0.25, 0.3) is 5.91 Å². The van der Waals surface area contributed by atoms with Gasteiger partial charge in [0, 0.05) is 33.9 Å². The number of hydrogen-bond acceptors (Lipinski definition) is 4. The standard InChI is InChI=1S/C11H17N3O2/c1-12-10-8-13-5-4-9(10)11(15)14(2)6-7-16-3/h4-5,8,12H,6-7H2,1-3H3. The second-order valence-corrected chi connectivity index (χ2v) is 3.39. The Morgan fingerprint density at radius 1 is 1.62 bits per heavy atom. The molecule has 0 saturated carbocycles. The number of aromatic nitrogens is 1. The van der Waals surface area contributed by atoms with E-state index in [4.69, 9.17) is 4.74 Å². The number of pyridine rings is 1. The summed E-state index contributed by atoms with van der Waals surface area (Å²) in [5, 5.41) is 2.95. The Morgan fingerprint density at radius 3 is 3.00 bits per heavy atom. The van der Waals surface area contributed by atoms with E-state index in [0.29, 0.717) is 18.7 Å². The van der Waals surface area contributed by atoms with Crippen LogP contribution < -0.4 is 5.32 Å². The normalized spacial score (nSPS) is 9.94. The van der Waals surface area contributed by atoms with Crippen molar-refractivity contribution in [2.45, 2.75) is 0 Å². The van der Waals surface area contributed by atoms with Crippen LogP contribution >= 0.6 is 0 Å². The van der Waals surface area contributed by atoms with Crippen molar-refractivity contribution >= 4 is 11.6 Å². The Bertz CT molecular complexity index is 355. The molecule has 0 aromatic carbocycles. The topological polar surface area (TPSA) is 54.5 Å². The van der Waals surface area contributed by atoms with Crippen LogP contribution in [-0.2, 0) is 4.74 Å². The lowest BCUT2D eigenvalue weighted by molar-refractivity contribution is 0.0745. The maximum absolute atomic E-state index is 12.0. The second kappa shape index (κ2) is 6.07. The lowest BCUT2D eigenvalue weighted by Gasteiger charge is -2.18. The lowest BCUT2D eigenvalue weighted by Crippen LogP contribution is -2.30. The fourth-order valence-electron chi connectivity index (χ4n) is 1.32. The monoisotopic (exact) mass is 223 g/mol. The minimum Gasteiger partial charge on any atom is -0.386 e. The van der Waals surface area contributed by atoms with Gasteiger partial charge in [-0.2, -0.15) is 0 Å². The summed E-state index contributed by atoms with van der Waals surface area (Å²) in [6, 6.07) is 1.71. The molecule has 1 rings (SSSR count). The zero-order valence-corrected chi connectivity index (χ0v) is 9.86. The van der Waals surface area contributed by atoms with Crippen LogP contribution in [0.15, 0.2) is 18.5 Å². The van der Waals surface area contributed by atoms with Crippen LogP contribution in [0.25, 0.3) is 0 Å². The average Bonchev–Trinajstić information content (AvgIpc) is 2.34. The molecule has 88 valence electrons. The van der Waals surface area contributed by atoms with Crippen LogP contribution in [0.1, 0.15) is 10.4 Å². The van der Waals surface area contributed by atoms with Crippen molar-refractivity contribution < 1.29 is 9.53 Å². The minimum atomic E-state index is -0.0381. The number of nitrogens with one attached hydrogen (secondary N) is 1. The molecule has 0 unspecified atom stereocenters. The van der Waals surface area contributed by atoms with Gasteiger partial charge in [0.15, 0.2) is 0 Å². The number of ether oxygens (including phenoxy) is 1. The molecule has 0 aliphatic rings. The van der Waals surface area contributed by atoms with Crippen molar-refractivity contribution in [3.05, 3.63) is 24.0 Å². The third kappa shape index (κ3) is 2.93. The van der Waals surface area contributed by atoms with Crippen LogP contribution in [0.3, 0.4) is 0 Å². The molecule has 1 amide bonds. The smallest absolute Gasteiger partial charge is 0.255 e. The Balaban J connectivity index is 2.79. The SMILES string of the molecule is CNc1cnccc1C(=O)N(C)CCOC. The predicted octanol–water partition coefficient (Wildman–Crippen LogP) is 0.842. The van der Waals surface area contributed by atoms with E-state index in [1.807, 2.05) is 0 Å². The summed E-state index contributed by atoms with van der Waals surface area (Å²) < 4.78 is 4.93. The molecule has 1 aromatic rings. The van der Waals surface area contributed by atoms with Gasteiger partial charge in [0.1, 0.15) is 0 Å². The largest absolute Gasteiger partial charge is 0.386 e. The summed E-state index contributed by atoms with van der Waals surface area (Å²) in [7, 11) is 5.13. The molecule has 0 aliphatic heterocycles. The average molecular weight is 223 g/mol. The van der Waals surface area contributed by atoms with Crippen molar-refractivity contribution in [3.8, 4) is 0 Å². The van der Waals surface area contributed by atoms with Crippen LogP contribution in [0.2, 0.25) is 0 Å². The highest BCUT2D eigenvalue weighted by Gasteiger charge is 2.14. The molecule has 1 heterocycles. The first-order chi connectivity index (χ1) is 7.70. The highest BCUT2D eigenvalue weighted by molar-refractivity contribution is 5.99. The molecule has 0 saturated heterocycles. The van der Waals surface area contributed by atoms with E-state index in [2.05, 4.69) is 10.3 Å². The van der Waals surface area contributed by atoms with Gasteiger partial charge in [-0.3, -0.25) is 9.78 Å². The van der Waals surface area contributed by atoms with Crippen LogP contribution in [0.5, 0.6) is 0 Å². The summed E-state index contributed by atoms with van der Waals surface area (Å²) >= 11 is 0. The molecule has 5 heteroatoms. The minimum absolute atomic E-state index is 0.0381. The molecule has 1 N–H and O–H groups in total. The molecule has 0 bridgehead atoms. The first kappa shape index (κ1) is 12.4. The van der Waals surface area contributed by atoms with Gasteiger partial charge in [-0.05, 0) is 6.07 Å². The summed E-state index contributed by atoms with van der Waals surface area (Å²) in [4.78, 5) is 17.6. The summed E-state index contributed by atoms with van der Waals surface area (Å²) in [5.74, 6) is -0.0381. The molecule has 0 radical (unpaired) electrons. The summed E-state index contributed by atoms with van der Waals surface area (Å²) in [6.07, 6.45) is 3.25. The van der Waals surface area contributed by atoms with Gasteiger partial charge in [-0.15, -0.1) is 0 Å². The summed E-state index contributed by atoms with van der Waals surface area (Å²) in [5.41, 5.74) is 1.35. The number of carbonyl (C=O) groups excluding carboxylic acids is 1. The zero-order chi connectivity index (χ0) is 12.0. The zero-order valence-electron chi connectivity index (χ0n) is 9.86. The van der Waals surface area contributed by atoms with E-state index < -0.39 is 0 Å². The molecular weight excluding hydrogens is 206 g/mol. The van der Waals surface area contributed by atoms with E-state index in [0.717, 1.165) is 5.69 Å². The second-order valence-electron chi connectivity index (χ2n) is 3.39. The van der Waals surface area contributed by atoms with Gasteiger partial charge in [0.2, 0.25) is 0 Å². The van der Waals surface area contributed by atoms with Gasteiger partial charge >= 0.3 is 0 Å². The maximum atomic E-state index is 12.0. The Morgan fingerprint density at radius 2 is 2.38 bits per heavy atom. The molecule has 0 spiro atoms. The number of likely N-dealkylation sites (N-methyl/N-ethyl adjacent to an activating group) is 1. The van der Waals surface area contributed by atoms with E-state index >= 15 is 0 Å². The predicted molar refractivity (Wildman–Crippen MR) is 62.6 cm³/mol. The van der Waals surface area contributed by atoms with Crippen LogP contribution in [0.4, 0.5) is 5.69 Å². The molecule has 0 fully saturated rings. The van der Waals surface area contributed by atoms with E-state index in [1.165, 1.54) is 0 Å². The number of nitrogens with zero attached hydrogens (tertiary/aromatic N) is 2. The number of rotatable bonds is 5. The number of methoxy groups -OCH3 is 1. The van der Waals surface area contributed by atoms with Crippen molar-refractivity contribution in [3.63, 3.8) is 0 Å². The molecule has 0 aliphatic carbocycles. The van der Waals surface area contributed by atoms with Gasteiger partial charge in [-0.25, -0.2) is 0 Å². The van der Waals surface area contributed by atoms with E-state index in [-0.39, 0.29) is 5.91 Å². The Labute approximate surface area is 95.4 Å². The van der Waals surface area contributed by atoms with Gasteiger partial charge in [-0.1, -0.05) is 0 Å². The molecule has 5 nitrogen and oxygen atoms in total. The molecule has 16 heavy (non-hydrogen) atoms. The third-order valence-electron chi connectivity index (χ3n) is 2.30. The highest BCUT2D eigenvalue weighted by Crippen LogP contribution is 2.14. The first-order valence-corrected chi connectivity index (χ1v) is 5.07. The van der Waals surface area contributed by atoms with Crippen molar-refractivity contribution in [1.82, 2.24) is 9.88 Å². The van der Waals surface area contributed by atoms with Gasteiger partial charge < -0.3 is 15.0 Å². The quantitative estimate of drug-likeness (QED) is 0.803. The fraction of sp³-hybridized carbons (Fsp3) is 0.455. The van der Waals surface area contributed by atoms with Crippen molar-refractivity contribution in [2.24, 2.45) is 0 Å². The molecule has 0 atom stereocenters. The van der Waals surface area contributed by atoms with E-state index in [9.17, 15) is 4.79 Å². The van der Waals surface area contributed by atoms with Crippen LogP contribution in [0, 0.1) is 0 Å². The first-order valence-electron chi connectivity index (χ1n) is 5.07. The van der Waals surface area contributed by atoms with Gasteiger partial charge in [0.05, 0.1) is 24.1 Å². The number of amides is 1. The van der Waals surface area contributed by atoms with Crippen molar-refractivity contribution in [2.75, 3.05) is 39.7 Å². The highest BCUT2D eigenvalue weighted by atomic mass is 16.5. The number of anilines is 1. The van der Waals surface area contributed by atoms with E-state index in [1.54, 1.807) is 44.6 Å². The van der Waals surface area contributed by atoms with Crippen LogP contribution in [-0.4, -0.2) is 50.1 Å². The lowest BCUT2D eigenvalue weighted by atomic mass is 10.2. The fourth-order valence-corrected chi connectivity index (χ4v) is 1.32. The molecular formula is C11H17N3O2. The Hall–Kier alpha value is -1.62.